The van der Waals surface area contributed by atoms with E-state index >= 15 is 0 Å². The highest BCUT2D eigenvalue weighted by molar-refractivity contribution is 5.92. The van der Waals surface area contributed by atoms with E-state index in [4.69, 9.17) is 24.7 Å². The van der Waals surface area contributed by atoms with E-state index in [2.05, 4.69) is 114 Å². The number of rotatable bonds is 16. The van der Waals surface area contributed by atoms with E-state index in [1.54, 1.807) is 34.3 Å². The van der Waals surface area contributed by atoms with Crippen LogP contribution in [0.25, 0.3) is 38.6 Å². The van der Waals surface area contributed by atoms with E-state index in [0.717, 1.165) is 73.7 Å². The van der Waals surface area contributed by atoms with Crippen molar-refractivity contribution in [2.75, 3.05) is 86.9 Å². The number of anilines is 6. The second-order valence-corrected chi connectivity index (χ2v) is 21.1. The van der Waals surface area contributed by atoms with Gasteiger partial charge < -0.3 is 44.4 Å². The quantitative estimate of drug-likeness (QED) is 0.0716. The number of aryl methyl sites for hydroxylation is 2. The third-order valence-electron chi connectivity index (χ3n) is 15.2. The molecule has 10 aromatic rings. The molecular formula is C61H63N18O3+. The number of carbonyl (C=O) groups is 2. The molecule has 0 unspecified atom stereocenters. The summed E-state index contributed by atoms with van der Waals surface area (Å²) in [4.78, 5) is 69.4. The van der Waals surface area contributed by atoms with Gasteiger partial charge in [0.15, 0.2) is 16.7 Å². The minimum Gasteiger partial charge on any atom is -0.457 e. The lowest BCUT2D eigenvalue weighted by Gasteiger charge is -2.40. The van der Waals surface area contributed by atoms with Crippen LogP contribution in [0.3, 0.4) is 0 Å². The Morgan fingerprint density at radius 1 is 0.793 bits per heavy atom. The molecular weight excluding hydrogens is 1030 g/mol. The molecule has 2 fully saturated rings. The zero-order chi connectivity index (χ0) is 56.4. The van der Waals surface area contributed by atoms with Gasteiger partial charge in [0.1, 0.15) is 48.2 Å². The van der Waals surface area contributed by atoms with E-state index < -0.39 is 0 Å². The first-order valence-corrected chi connectivity index (χ1v) is 27.4. The highest BCUT2D eigenvalue weighted by Gasteiger charge is 2.29. The molecule has 0 saturated carbocycles. The molecule has 2 aliphatic heterocycles. The summed E-state index contributed by atoms with van der Waals surface area (Å²) in [5.41, 5.74) is 10.8. The zero-order valence-electron chi connectivity index (χ0n) is 46.5. The maximum absolute atomic E-state index is 13.3. The number of amides is 2. The second kappa shape index (κ2) is 22.7. The number of imidazole rings is 1. The van der Waals surface area contributed by atoms with Crippen molar-refractivity contribution < 1.29 is 18.9 Å². The summed E-state index contributed by atoms with van der Waals surface area (Å²) in [5.74, 6) is 3.98. The van der Waals surface area contributed by atoms with Gasteiger partial charge in [0.2, 0.25) is 11.8 Å². The van der Waals surface area contributed by atoms with Crippen LogP contribution in [0, 0.1) is 6.92 Å². The topological polar surface area (TPSA) is 200 Å². The van der Waals surface area contributed by atoms with Gasteiger partial charge in [0.05, 0.1) is 29.1 Å². The highest BCUT2D eigenvalue weighted by Crippen LogP contribution is 2.34. The van der Waals surface area contributed by atoms with Crippen LogP contribution >= 0.6 is 0 Å². The third kappa shape index (κ3) is 11.2. The van der Waals surface area contributed by atoms with Crippen LogP contribution in [-0.2, 0) is 29.6 Å². The Hall–Kier alpha value is -9.89. The molecule has 414 valence electrons. The van der Waals surface area contributed by atoms with Crippen molar-refractivity contribution in [2.45, 2.75) is 32.9 Å². The Labute approximate surface area is 473 Å². The number of fused-ring (bicyclic) bond motifs is 4. The molecule has 21 nitrogen and oxygen atoms in total. The molecule has 9 heterocycles. The van der Waals surface area contributed by atoms with E-state index in [1.165, 1.54) is 18.0 Å². The largest absolute Gasteiger partial charge is 0.457 e. The van der Waals surface area contributed by atoms with Crippen molar-refractivity contribution >= 4 is 85.1 Å². The second-order valence-electron chi connectivity index (χ2n) is 21.1. The molecule has 3 aromatic carbocycles. The minimum atomic E-state index is -0.0722. The van der Waals surface area contributed by atoms with Gasteiger partial charge in [-0.25, -0.2) is 39.0 Å². The van der Waals surface area contributed by atoms with Crippen molar-refractivity contribution in [1.29, 1.82) is 0 Å². The lowest BCUT2D eigenvalue weighted by Crippen LogP contribution is -2.53. The third-order valence-corrected chi connectivity index (χ3v) is 15.2. The number of carbonyl (C=O) groups excluding carboxylic acids is 2. The molecule has 0 bridgehead atoms. The molecule has 7 aromatic heterocycles. The predicted molar refractivity (Wildman–Crippen MR) is 317 cm³/mol. The van der Waals surface area contributed by atoms with Crippen LogP contribution in [-0.4, -0.2) is 148 Å². The fourth-order valence-electron chi connectivity index (χ4n) is 10.8. The molecule has 2 aliphatic rings. The number of ether oxygens (including phenoxy) is 1. The zero-order valence-corrected chi connectivity index (χ0v) is 46.5. The molecule has 21 heteroatoms. The maximum Gasteiger partial charge on any atom is 0.289 e. The minimum absolute atomic E-state index is 0.00839. The first-order valence-electron chi connectivity index (χ1n) is 27.4. The average molecular weight is 1100 g/mol. The fraction of sp³-hybridized carbons (Fsp3) is 0.262. The molecule has 0 radical (unpaired) electrons. The number of nitrogens with zero attached hydrogens (tertiary/aromatic N) is 16. The Kier molecular flexibility index (Phi) is 14.6. The summed E-state index contributed by atoms with van der Waals surface area (Å²) in [6, 6.07) is 28.6. The van der Waals surface area contributed by atoms with Crippen molar-refractivity contribution in [3.05, 3.63) is 170 Å². The maximum atomic E-state index is 13.3. The number of hydrogen-bond acceptors (Lipinski definition) is 16. The summed E-state index contributed by atoms with van der Waals surface area (Å²) in [6.45, 7) is 13.1. The molecule has 1 atom stereocenters. The van der Waals surface area contributed by atoms with Crippen molar-refractivity contribution in [2.24, 2.45) is 7.05 Å². The van der Waals surface area contributed by atoms with Crippen molar-refractivity contribution in [3.8, 4) is 11.5 Å². The standard InChI is InChI=1S/C61H62N18O3/c1-7-57(80)75-23-21-74(22-24-75)55-32-48-50(33-62-55)63-36-65-60(48)69-46-12-16-53(82-47-13-14-51-49(31-47)66-38-73(51)6)44(30-46)35-77-39-67-61(70-45-11-10-43(40(2)27-45)28-42-18-20-79-56(29-42)64-37-68-79)59-52(77)15-17-54(71-59)78-26-25-76(34-41(78)3)58(81)9-8-19-72(4)5/h7-18,20,27,29-33,36-39,41H,1,19,21-26,28,34-35H2,2-6H3,(H,63,65,69)/p+1/b9-8+/t41-/m0/s1. The van der Waals surface area contributed by atoms with Gasteiger partial charge in [-0.2, -0.15) is 5.10 Å². The number of nitrogens with one attached hydrogen (secondary N) is 2. The molecule has 0 aliphatic carbocycles. The molecule has 0 spiro atoms. The summed E-state index contributed by atoms with van der Waals surface area (Å²) in [7, 11) is 5.94. The van der Waals surface area contributed by atoms with Crippen LogP contribution in [0.4, 0.5) is 34.6 Å². The van der Waals surface area contributed by atoms with Gasteiger partial charge in [0, 0.05) is 106 Å². The molecule has 82 heavy (non-hydrogen) atoms. The highest BCUT2D eigenvalue weighted by atomic mass is 16.5. The Morgan fingerprint density at radius 2 is 1.62 bits per heavy atom. The van der Waals surface area contributed by atoms with Crippen LogP contribution in [0.5, 0.6) is 11.5 Å². The normalized spacial score (nSPS) is 14.9. The lowest BCUT2D eigenvalue weighted by atomic mass is 10.0. The summed E-state index contributed by atoms with van der Waals surface area (Å²) in [6.07, 6.45) is 16.1. The Balaban J connectivity index is 0.888. The van der Waals surface area contributed by atoms with Crippen LogP contribution < -0.4 is 29.7 Å². The van der Waals surface area contributed by atoms with Crippen molar-refractivity contribution in [3.63, 3.8) is 0 Å². The Morgan fingerprint density at radius 3 is 2.45 bits per heavy atom. The first-order chi connectivity index (χ1) is 39.9. The molecule has 12 rings (SSSR count). The average Bonchev–Trinajstić information content (AvgIpc) is 4.16. The van der Waals surface area contributed by atoms with Gasteiger partial charge in [0.25, 0.3) is 12.1 Å². The van der Waals surface area contributed by atoms with Crippen LogP contribution in [0.1, 0.15) is 29.2 Å². The van der Waals surface area contributed by atoms with Gasteiger partial charge in [-0.05, 0) is 135 Å². The van der Waals surface area contributed by atoms with E-state index in [0.29, 0.717) is 93.1 Å². The fourth-order valence-corrected chi connectivity index (χ4v) is 10.8. The monoisotopic (exact) mass is 1100 g/mol. The van der Waals surface area contributed by atoms with Gasteiger partial charge in [-0.1, -0.05) is 18.7 Å². The van der Waals surface area contributed by atoms with Crippen LogP contribution in [0.2, 0.25) is 0 Å². The van der Waals surface area contributed by atoms with Crippen molar-refractivity contribution in [1.82, 2.24) is 63.8 Å². The number of benzene rings is 3. The van der Waals surface area contributed by atoms with Gasteiger partial charge in [-0.3, -0.25) is 9.59 Å². The van der Waals surface area contributed by atoms with E-state index in [9.17, 15) is 9.59 Å². The summed E-state index contributed by atoms with van der Waals surface area (Å²) in [5, 5.41) is 12.3. The smallest absolute Gasteiger partial charge is 0.289 e. The molecule has 2 amide bonds. The molecule has 2 saturated heterocycles. The summed E-state index contributed by atoms with van der Waals surface area (Å²) < 4.78 is 12.6. The van der Waals surface area contributed by atoms with Gasteiger partial charge in [-0.15, -0.1) is 0 Å². The number of aromatic nitrogens is 11. The van der Waals surface area contributed by atoms with E-state index in [1.807, 2.05) is 90.5 Å². The number of likely N-dealkylation sites (N-methyl/N-ethyl adjacent to an activating group) is 1. The van der Waals surface area contributed by atoms with Crippen LogP contribution in [0.15, 0.2) is 147 Å². The molecule has 2 N–H and O–H groups in total. The summed E-state index contributed by atoms with van der Waals surface area (Å²) >= 11 is 0. The number of pyridine rings is 3. The van der Waals surface area contributed by atoms with Gasteiger partial charge >= 0.3 is 0 Å². The SMILES string of the molecule is C=CC(=O)N1CCN(c2cc3c(Nc4ccc(Oc5ccc6c(c5)ncn6C)c(C[n+]5cnc(Nc6ccc(Cc7ccn8ncnc8c7)c(C)c6)c6nc(N7CCN(C(=O)/C=C/CN(C)C)C[C@@H]7C)ccc65)c4)ncnc3cn2)CC1. The lowest BCUT2D eigenvalue weighted by molar-refractivity contribution is -0.665. The Bertz CT molecular complexity index is 4090. The number of hydrogen-bond donors (Lipinski definition) is 2. The first kappa shape index (κ1) is 52.8. The number of piperazine rings is 2. The van der Waals surface area contributed by atoms with E-state index in [-0.39, 0.29) is 17.9 Å². The predicted octanol–water partition coefficient (Wildman–Crippen LogP) is 7.40.